The zero-order valence-electron chi connectivity index (χ0n) is 17.3. The first-order valence-electron chi connectivity index (χ1n) is 10.2. The van der Waals surface area contributed by atoms with E-state index in [1.54, 1.807) is 0 Å². The van der Waals surface area contributed by atoms with Gasteiger partial charge < -0.3 is 9.64 Å². The lowest BCUT2D eigenvalue weighted by molar-refractivity contribution is 0.281. The van der Waals surface area contributed by atoms with Crippen molar-refractivity contribution in [2.45, 2.75) is 19.8 Å². The van der Waals surface area contributed by atoms with Gasteiger partial charge in [0.15, 0.2) is 0 Å². The predicted octanol–water partition coefficient (Wildman–Crippen LogP) is 5.68. The van der Waals surface area contributed by atoms with Gasteiger partial charge in [-0.3, -0.25) is 0 Å². The fourth-order valence-corrected chi connectivity index (χ4v) is 3.67. The highest BCUT2D eigenvalue weighted by Crippen LogP contribution is 2.38. The number of rotatable bonds is 9. The van der Waals surface area contributed by atoms with Crippen molar-refractivity contribution in [3.8, 4) is 5.75 Å². The smallest absolute Gasteiger partial charge is 0.119 e. The number of benzene rings is 2. The number of hydrogen-bond acceptors (Lipinski definition) is 2. The van der Waals surface area contributed by atoms with Crippen molar-refractivity contribution < 1.29 is 4.74 Å². The SMILES string of the molecule is CC/C(=C(\c1ccccc1)c1ccc(OCCCN(C)C)cc1)C1[CH][CH][CH][CH]1. The predicted molar refractivity (Wildman–Crippen MR) is 119 cm³/mol. The molecule has 146 valence electrons. The molecule has 28 heavy (non-hydrogen) atoms. The van der Waals surface area contributed by atoms with E-state index in [1.165, 1.54) is 22.3 Å². The van der Waals surface area contributed by atoms with E-state index in [-0.39, 0.29) is 0 Å². The quantitative estimate of drug-likeness (QED) is 0.525. The third kappa shape index (κ3) is 5.48. The molecule has 2 nitrogen and oxygen atoms in total. The van der Waals surface area contributed by atoms with E-state index < -0.39 is 0 Å². The van der Waals surface area contributed by atoms with E-state index in [9.17, 15) is 0 Å². The largest absolute Gasteiger partial charge is 0.494 e. The molecule has 0 aromatic heterocycles. The number of allylic oxidation sites excluding steroid dienone is 1. The second kappa shape index (κ2) is 10.5. The van der Waals surface area contributed by atoms with Crippen LogP contribution in [0.2, 0.25) is 0 Å². The van der Waals surface area contributed by atoms with E-state index in [0.717, 1.165) is 31.7 Å². The Bertz CT molecular complexity index is 740. The van der Waals surface area contributed by atoms with Gasteiger partial charge >= 0.3 is 0 Å². The molecule has 0 N–H and O–H groups in total. The van der Waals surface area contributed by atoms with Crippen LogP contribution in [0, 0.1) is 31.6 Å². The van der Waals surface area contributed by atoms with Crippen molar-refractivity contribution >= 4 is 5.57 Å². The van der Waals surface area contributed by atoms with E-state index in [1.807, 2.05) is 0 Å². The molecule has 2 aromatic carbocycles. The Morgan fingerprint density at radius 1 is 0.893 bits per heavy atom. The van der Waals surface area contributed by atoms with Gasteiger partial charge in [-0.15, -0.1) is 0 Å². The van der Waals surface area contributed by atoms with Gasteiger partial charge in [0.25, 0.3) is 0 Å². The van der Waals surface area contributed by atoms with Crippen LogP contribution in [-0.4, -0.2) is 32.1 Å². The van der Waals surface area contributed by atoms with E-state index in [4.69, 9.17) is 4.74 Å². The topological polar surface area (TPSA) is 12.5 Å². The Labute approximate surface area is 171 Å². The maximum Gasteiger partial charge on any atom is 0.119 e. The van der Waals surface area contributed by atoms with Crippen LogP contribution in [0.5, 0.6) is 5.75 Å². The lowest BCUT2D eigenvalue weighted by atomic mass is 9.84. The first-order valence-corrected chi connectivity index (χ1v) is 10.2. The summed E-state index contributed by atoms with van der Waals surface area (Å²) in [5, 5.41) is 0. The summed E-state index contributed by atoms with van der Waals surface area (Å²) in [5.41, 5.74) is 5.31. The standard InChI is InChI=1S/C26H31NO/c1-4-25(21-11-8-9-12-21)26(22-13-6-5-7-14-22)23-15-17-24(18-16-23)28-20-10-19-27(2)3/h5-9,11-18,21H,4,10,19-20H2,1-3H3/b26-25-. The molecule has 0 heterocycles. The lowest BCUT2D eigenvalue weighted by Crippen LogP contribution is -2.15. The Kier molecular flexibility index (Phi) is 7.73. The molecule has 1 aliphatic rings. The van der Waals surface area contributed by atoms with Gasteiger partial charge in [-0.1, -0.05) is 55.0 Å². The molecule has 0 bridgehead atoms. The third-order valence-electron chi connectivity index (χ3n) is 5.08. The second-order valence-electron chi connectivity index (χ2n) is 7.45. The molecule has 1 fully saturated rings. The molecule has 0 unspecified atom stereocenters. The number of nitrogens with zero attached hydrogens (tertiary/aromatic N) is 1. The summed E-state index contributed by atoms with van der Waals surface area (Å²) in [5.74, 6) is 1.32. The lowest BCUT2D eigenvalue weighted by Gasteiger charge is -2.20. The Balaban J connectivity index is 1.84. The summed E-state index contributed by atoms with van der Waals surface area (Å²) in [6.07, 6.45) is 10.9. The van der Waals surface area contributed by atoms with Crippen molar-refractivity contribution in [1.82, 2.24) is 4.90 Å². The van der Waals surface area contributed by atoms with Crippen LogP contribution in [0.3, 0.4) is 0 Å². The third-order valence-corrected chi connectivity index (χ3v) is 5.08. The summed E-state index contributed by atoms with van der Waals surface area (Å²) < 4.78 is 5.92. The van der Waals surface area contributed by atoms with Crippen LogP contribution < -0.4 is 4.74 Å². The Morgan fingerprint density at radius 2 is 1.54 bits per heavy atom. The van der Waals surface area contributed by atoms with E-state index in [0.29, 0.717) is 5.92 Å². The Morgan fingerprint density at radius 3 is 2.14 bits per heavy atom. The molecular weight excluding hydrogens is 342 g/mol. The minimum absolute atomic E-state index is 0.377. The molecule has 4 radical (unpaired) electrons. The van der Waals surface area contributed by atoms with Crippen LogP contribution in [0.4, 0.5) is 0 Å². The van der Waals surface area contributed by atoms with E-state index in [2.05, 4.69) is 106 Å². The van der Waals surface area contributed by atoms with Gasteiger partial charge in [0.1, 0.15) is 5.75 Å². The maximum atomic E-state index is 5.92. The zero-order chi connectivity index (χ0) is 19.8. The van der Waals surface area contributed by atoms with Crippen LogP contribution in [0.1, 0.15) is 30.9 Å². The summed E-state index contributed by atoms with van der Waals surface area (Å²) in [6.45, 7) is 4.04. The van der Waals surface area contributed by atoms with Crippen molar-refractivity contribution in [1.29, 1.82) is 0 Å². The summed E-state index contributed by atoms with van der Waals surface area (Å²) in [7, 11) is 4.18. The Hall–Kier alpha value is -2.06. The number of hydrogen-bond donors (Lipinski definition) is 0. The first kappa shape index (κ1) is 20.7. The molecular formula is C26H31NO. The minimum atomic E-state index is 0.377. The minimum Gasteiger partial charge on any atom is -0.494 e. The fourth-order valence-electron chi connectivity index (χ4n) is 3.67. The van der Waals surface area contributed by atoms with Crippen molar-refractivity contribution in [3.05, 3.63) is 97.0 Å². The molecule has 3 rings (SSSR count). The highest BCUT2D eigenvalue weighted by atomic mass is 16.5. The average molecular weight is 374 g/mol. The van der Waals surface area contributed by atoms with Crippen LogP contribution >= 0.6 is 0 Å². The first-order chi connectivity index (χ1) is 13.7. The molecule has 0 spiro atoms. The van der Waals surface area contributed by atoms with Gasteiger partial charge in [0.2, 0.25) is 0 Å². The van der Waals surface area contributed by atoms with Crippen molar-refractivity contribution in [2.75, 3.05) is 27.2 Å². The van der Waals surface area contributed by atoms with Crippen LogP contribution in [-0.2, 0) is 0 Å². The number of ether oxygens (including phenoxy) is 1. The fraction of sp³-hybridized carbons (Fsp3) is 0.308. The molecule has 2 heteroatoms. The molecule has 0 saturated heterocycles. The van der Waals surface area contributed by atoms with Gasteiger partial charge in [-0.05, 0) is 87.4 Å². The highest BCUT2D eigenvalue weighted by molar-refractivity contribution is 5.83. The summed E-state index contributed by atoms with van der Waals surface area (Å²) in [6, 6.07) is 19.3. The molecule has 1 aliphatic carbocycles. The second-order valence-corrected chi connectivity index (χ2v) is 7.45. The van der Waals surface area contributed by atoms with Crippen molar-refractivity contribution in [3.63, 3.8) is 0 Å². The van der Waals surface area contributed by atoms with Gasteiger partial charge in [0.05, 0.1) is 6.61 Å². The zero-order valence-corrected chi connectivity index (χ0v) is 17.3. The van der Waals surface area contributed by atoms with Crippen molar-refractivity contribution in [2.24, 2.45) is 5.92 Å². The van der Waals surface area contributed by atoms with Crippen LogP contribution in [0.15, 0.2) is 60.2 Å². The molecule has 1 saturated carbocycles. The molecule has 0 amide bonds. The molecule has 2 aromatic rings. The normalized spacial score (nSPS) is 15.7. The van der Waals surface area contributed by atoms with Gasteiger partial charge in [-0.25, -0.2) is 0 Å². The summed E-state index contributed by atoms with van der Waals surface area (Å²) in [4.78, 5) is 2.18. The maximum absolute atomic E-state index is 5.92. The summed E-state index contributed by atoms with van der Waals surface area (Å²) >= 11 is 0. The van der Waals surface area contributed by atoms with E-state index >= 15 is 0 Å². The van der Waals surface area contributed by atoms with Gasteiger partial charge in [0, 0.05) is 6.54 Å². The molecule has 0 aliphatic heterocycles. The van der Waals surface area contributed by atoms with Gasteiger partial charge in [-0.2, -0.15) is 0 Å². The monoisotopic (exact) mass is 373 g/mol. The average Bonchev–Trinajstić information content (AvgIpc) is 3.25. The highest BCUT2D eigenvalue weighted by Gasteiger charge is 2.23. The molecule has 0 atom stereocenters. The van der Waals surface area contributed by atoms with Crippen LogP contribution in [0.25, 0.3) is 5.57 Å².